The molecule has 2 fully saturated rings. The Balaban J connectivity index is 1.20. The molecule has 2 saturated heterocycles. The fourth-order valence-electron chi connectivity index (χ4n) is 5.74. The largest absolute Gasteiger partial charge is 0.444 e. The zero-order chi connectivity index (χ0) is 28.4. The second-order valence-corrected chi connectivity index (χ2v) is 12.0. The van der Waals surface area contributed by atoms with Crippen LogP contribution in [0, 0.1) is 11.3 Å². The van der Waals surface area contributed by atoms with E-state index in [0.717, 1.165) is 43.4 Å². The van der Waals surface area contributed by atoms with Gasteiger partial charge in [0.15, 0.2) is 0 Å². The quantitative estimate of drug-likeness (QED) is 0.458. The van der Waals surface area contributed by atoms with Crippen molar-refractivity contribution in [2.75, 3.05) is 39.3 Å². The number of amides is 2. The lowest BCUT2D eigenvalue weighted by molar-refractivity contribution is 0.0204. The third-order valence-electron chi connectivity index (χ3n) is 8.06. The summed E-state index contributed by atoms with van der Waals surface area (Å²) >= 11 is 0. The molecule has 210 valence electrons. The van der Waals surface area contributed by atoms with Crippen molar-refractivity contribution in [3.8, 4) is 6.07 Å². The average molecular weight is 542 g/mol. The lowest BCUT2D eigenvalue weighted by Crippen LogP contribution is -2.48. The number of ether oxygens (including phenoxy) is 1. The van der Waals surface area contributed by atoms with E-state index in [1.165, 1.54) is 11.1 Å². The number of carbonyl (C=O) groups excluding carboxylic acids is 2. The molecule has 0 saturated carbocycles. The predicted octanol–water partition coefficient (Wildman–Crippen LogP) is 5.12. The maximum absolute atomic E-state index is 13.5. The van der Waals surface area contributed by atoms with Crippen molar-refractivity contribution in [1.29, 1.82) is 5.26 Å². The third-order valence-corrected chi connectivity index (χ3v) is 8.06. The molecule has 3 aromatic rings. The number of fused-ring (bicyclic) bond motifs is 1. The number of hydrogen-bond donors (Lipinski definition) is 0. The number of aromatic nitrogens is 1. The van der Waals surface area contributed by atoms with Crippen molar-refractivity contribution in [1.82, 2.24) is 19.3 Å². The first-order valence-electron chi connectivity index (χ1n) is 14.2. The van der Waals surface area contributed by atoms with Gasteiger partial charge in [-0.15, -0.1) is 0 Å². The maximum Gasteiger partial charge on any atom is 0.410 e. The number of hydrogen-bond acceptors (Lipinski definition) is 5. The van der Waals surface area contributed by atoms with Gasteiger partial charge in [0.1, 0.15) is 11.3 Å². The lowest BCUT2D eigenvalue weighted by atomic mass is 9.89. The number of nitriles is 1. The van der Waals surface area contributed by atoms with E-state index in [1.807, 2.05) is 72.5 Å². The summed E-state index contributed by atoms with van der Waals surface area (Å²) in [6, 6.07) is 18.4. The van der Waals surface area contributed by atoms with Crippen molar-refractivity contribution < 1.29 is 14.3 Å². The van der Waals surface area contributed by atoms with E-state index in [1.54, 1.807) is 0 Å². The molecule has 2 aromatic carbocycles. The molecule has 0 aliphatic carbocycles. The normalized spacial score (nSPS) is 17.2. The Hall–Kier alpha value is -3.83. The van der Waals surface area contributed by atoms with Crippen LogP contribution in [0.25, 0.3) is 10.9 Å². The summed E-state index contributed by atoms with van der Waals surface area (Å²) in [5, 5.41) is 10.1. The highest BCUT2D eigenvalue weighted by atomic mass is 16.6. The SMILES string of the molecule is Cn1c(C(=O)N2CCN(Cc3ccc(C#N)cc3)CC2)cc2ccc(C3CCN(C(=O)OC(C)(C)C)CC3)cc21. The summed E-state index contributed by atoms with van der Waals surface area (Å²) < 4.78 is 7.57. The van der Waals surface area contributed by atoms with Gasteiger partial charge in [0.05, 0.1) is 11.6 Å². The third kappa shape index (κ3) is 6.15. The Bertz CT molecular complexity index is 1410. The lowest BCUT2D eigenvalue weighted by Gasteiger charge is -2.34. The molecule has 0 spiro atoms. The summed E-state index contributed by atoms with van der Waals surface area (Å²) in [5.74, 6) is 0.449. The van der Waals surface area contributed by atoms with Crippen LogP contribution in [-0.4, -0.2) is 76.1 Å². The van der Waals surface area contributed by atoms with Gasteiger partial charge in [-0.2, -0.15) is 5.26 Å². The monoisotopic (exact) mass is 541 g/mol. The summed E-state index contributed by atoms with van der Waals surface area (Å²) in [6.45, 7) is 10.9. The van der Waals surface area contributed by atoms with Gasteiger partial charge in [0.25, 0.3) is 5.91 Å². The highest BCUT2D eigenvalue weighted by molar-refractivity contribution is 5.99. The van der Waals surface area contributed by atoms with Gasteiger partial charge in [0, 0.05) is 63.8 Å². The molecule has 40 heavy (non-hydrogen) atoms. The second-order valence-electron chi connectivity index (χ2n) is 12.0. The molecule has 0 radical (unpaired) electrons. The van der Waals surface area contributed by atoms with E-state index in [2.05, 4.69) is 29.2 Å². The number of benzene rings is 2. The molecule has 0 bridgehead atoms. The van der Waals surface area contributed by atoms with Crippen LogP contribution in [0.5, 0.6) is 0 Å². The van der Waals surface area contributed by atoms with E-state index in [-0.39, 0.29) is 12.0 Å². The Labute approximate surface area is 236 Å². The van der Waals surface area contributed by atoms with Crippen molar-refractivity contribution in [3.63, 3.8) is 0 Å². The zero-order valence-electron chi connectivity index (χ0n) is 24.0. The Morgan fingerprint density at radius 3 is 2.23 bits per heavy atom. The molecule has 1 aromatic heterocycles. The number of aryl methyl sites for hydroxylation is 1. The molecular formula is C32H39N5O3. The molecule has 5 rings (SSSR count). The van der Waals surface area contributed by atoms with Crippen LogP contribution >= 0.6 is 0 Å². The molecule has 2 aliphatic rings. The maximum atomic E-state index is 13.5. The minimum absolute atomic E-state index is 0.0731. The van der Waals surface area contributed by atoms with Crippen molar-refractivity contribution >= 4 is 22.9 Å². The van der Waals surface area contributed by atoms with E-state index < -0.39 is 5.60 Å². The number of piperazine rings is 1. The highest BCUT2D eigenvalue weighted by Gasteiger charge is 2.28. The minimum atomic E-state index is -0.486. The van der Waals surface area contributed by atoms with E-state index in [4.69, 9.17) is 10.00 Å². The average Bonchev–Trinajstić information content (AvgIpc) is 3.28. The summed E-state index contributed by atoms with van der Waals surface area (Å²) in [7, 11) is 1.98. The molecule has 3 heterocycles. The number of likely N-dealkylation sites (tertiary alicyclic amines) is 1. The molecular weight excluding hydrogens is 502 g/mol. The Kier molecular flexibility index (Phi) is 7.86. The zero-order valence-corrected chi connectivity index (χ0v) is 24.0. The van der Waals surface area contributed by atoms with Crippen LogP contribution in [0.2, 0.25) is 0 Å². The summed E-state index contributed by atoms with van der Waals surface area (Å²) in [6.07, 6.45) is 1.56. The second kappa shape index (κ2) is 11.3. The van der Waals surface area contributed by atoms with E-state index in [9.17, 15) is 9.59 Å². The first-order chi connectivity index (χ1) is 19.1. The van der Waals surface area contributed by atoms with Gasteiger partial charge in [-0.05, 0) is 74.9 Å². The fourth-order valence-corrected chi connectivity index (χ4v) is 5.74. The number of nitrogens with zero attached hydrogens (tertiary/aromatic N) is 5. The molecule has 0 atom stereocenters. The van der Waals surface area contributed by atoms with Gasteiger partial charge in [-0.25, -0.2) is 4.79 Å². The van der Waals surface area contributed by atoms with E-state index >= 15 is 0 Å². The number of rotatable bonds is 4. The van der Waals surface area contributed by atoms with Gasteiger partial charge >= 0.3 is 6.09 Å². The molecule has 2 amide bonds. The first kappa shape index (κ1) is 27.7. The smallest absolute Gasteiger partial charge is 0.410 e. The molecule has 0 N–H and O–H groups in total. The van der Waals surface area contributed by atoms with Crippen LogP contribution in [0.3, 0.4) is 0 Å². The first-order valence-corrected chi connectivity index (χ1v) is 14.2. The molecule has 8 nitrogen and oxygen atoms in total. The van der Waals surface area contributed by atoms with Crippen LogP contribution in [0.15, 0.2) is 48.5 Å². The number of piperidine rings is 1. The molecule has 2 aliphatic heterocycles. The van der Waals surface area contributed by atoms with Crippen LogP contribution < -0.4 is 0 Å². The van der Waals surface area contributed by atoms with Gasteiger partial charge in [0.2, 0.25) is 0 Å². The minimum Gasteiger partial charge on any atom is -0.444 e. The number of carbonyl (C=O) groups is 2. The van der Waals surface area contributed by atoms with Crippen LogP contribution in [-0.2, 0) is 18.3 Å². The topological polar surface area (TPSA) is 81.8 Å². The van der Waals surface area contributed by atoms with Gasteiger partial charge < -0.3 is 19.1 Å². The molecule has 8 heteroatoms. The van der Waals surface area contributed by atoms with E-state index in [0.29, 0.717) is 43.4 Å². The van der Waals surface area contributed by atoms with Crippen molar-refractivity contribution in [2.24, 2.45) is 7.05 Å². The summed E-state index contributed by atoms with van der Waals surface area (Å²) in [4.78, 5) is 32.1. The fraction of sp³-hybridized carbons (Fsp3) is 0.469. The molecule has 0 unspecified atom stereocenters. The predicted molar refractivity (Wildman–Crippen MR) is 155 cm³/mol. The van der Waals surface area contributed by atoms with Crippen molar-refractivity contribution in [3.05, 3.63) is 70.9 Å². The Morgan fingerprint density at radius 2 is 1.60 bits per heavy atom. The standard InChI is InChI=1S/C32H39N5O3/c1-32(2,3)40-31(39)37-13-11-25(12-14-37)26-9-10-27-20-29(34(4)28(27)19-26)30(38)36-17-15-35(16-18-36)22-24-7-5-23(21-33)6-8-24/h5-10,19-20,25H,11-18,22H2,1-4H3. The van der Waals surface area contributed by atoms with Crippen molar-refractivity contribution in [2.45, 2.75) is 51.7 Å². The Morgan fingerprint density at radius 1 is 0.925 bits per heavy atom. The van der Waals surface area contributed by atoms with Crippen LogP contribution in [0.1, 0.15) is 66.7 Å². The van der Waals surface area contributed by atoms with Gasteiger partial charge in [-0.1, -0.05) is 24.3 Å². The van der Waals surface area contributed by atoms with Crippen LogP contribution in [0.4, 0.5) is 4.79 Å². The highest BCUT2D eigenvalue weighted by Crippen LogP contribution is 2.32. The van der Waals surface area contributed by atoms with Gasteiger partial charge in [-0.3, -0.25) is 9.69 Å². The summed E-state index contributed by atoms with van der Waals surface area (Å²) in [5.41, 5.74) is 4.40.